The number of aromatic nitrogens is 3. The van der Waals surface area contributed by atoms with E-state index >= 15 is 0 Å². The lowest BCUT2D eigenvalue weighted by Gasteiger charge is -2.17. The van der Waals surface area contributed by atoms with Crippen molar-refractivity contribution in [3.05, 3.63) is 83.5 Å². The molecule has 0 spiro atoms. The number of aromatic amines is 1. The molecular formula is C16H14FN3. The Bertz CT molecular complexity index is 693. The van der Waals surface area contributed by atoms with Crippen LogP contribution in [0.25, 0.3) is 0 Å². The summed E-state index contributed by atoms with van der Waals surface area (Å²) >= 11 is 0. The number of rotatable bonds is 3. The molecule has 3 nitrogen and oxygen atoms in total. The number of hydrogen-bond donors (Lipinski definition) is 1. The second-order valence-electron chi connectivity index (χ2n) is 4.64. The van der Waals surface area contributed by atoms with E-state index in [9.17, 15) is 4.39 Å². The third-order valence-corrected chi connectivity index (χ3v) is 3.42. The lowest BCUT2D eigenvalue weighted by Crippen LogP contribution is -2.08. The summed E-state index contributed by atoms with van der Waals surface area (Å²) in [4.78, 5) is 11.7. The molecule has 0 radical (unpaired) electrons. The van der Waals surface area contributed by atoms with Gasteiger partial charge in [-0.25, -0.2) is 9.37 Å². The zero-order chi connectivity index (χ0) is 13.9. The van der Waals surface area contributed by atoms with E-state index in [0.717, 1.165) is 17.0 Å². The van der Waals surface area contributed by atoms with Crippen molar-refractivity contribution in [2.45, 2.75) is 12.8 Å². The SMILES string of the molecule is Cc1c(F)cccc1C(c1ccccn1)c1c[nH]cn1. The fourth-order valence-electron chi connectivity index (χ4n) is 2.38. The van der Waals surface area contributed by atoms with E-state index in [-0.39, 0.29) is 11.7 Å². The largest absolute Gasteiger partial charge is 0.351 e. The molecule has 3 aromatic rings. The molecule has 2 aromatic heterocycles. The van der Waals surface area contributed by atoms with E-state index in [4.69, 9.17) is 0 Å². The quantitative estimate of drug-likeness (QED) is 0.790. The zero-order valence-electron chi connectivity index (χ0n) is 11.0. The molecule has 1 atom stereocenters. The van der Waals surface area contributed by atoms with E-state index in [0.29, 0.717) is 5.56 Å². The molecule has 0 aliphatic rings. The van der Waals surface area contributed by atoms with Crippen LogP contribution in [0.4, 0.5) is 4.39 Å². The van der Waals surface area contributed by atoms with Gasteiger partial charge < -0.3 is 4.98 Å². The number of pyridine rings is 1. The van der Waals surface area contributed by atoms with Gasteiger partial charge in [0.25, 0.3) is 0 Å². The van der Waals surface area contributed by atoms with Crippen LogP contribution in [0.2, 0.25) is 0 Å². The highest BCUT2D eigenvalue weighted by molar-refractivity contribution is 5.41. The Kier molecular flexibility index (Phi) is 3.29. The van der Waals surface area contributed by atoms with Crippen LogP contribution in [-0.4, -0.2) is 15.0 Å². The van der Waals surface area contributed by atoms with Gasteiger partial charge in [0.2, 0.25) is 0 Å². The van der Waals surface area contributed by atoms with Gasteiger partial charge in [0.1, 0.15) is 5.82 Å². The summed E-state index contributed by atoms with van der Waals surface area (Å²) in [5.41, 5.74) is 3.20. The first kappa shape index (κ1) is 12.5. The highest BCUT2D eigenvalue weighted by atomic mass is 19.1. The average molecular weight is 267 g/mol. The molecule has 100 valence electrons. The molecule has 1 unspecified atom stereocenters. The molecule has 1 aromatic carbocycles. The Morgan fingerprint density at radius 1 is 1.05 bits per heavy atom. The van der Waals surface area contributed by atoms with E-state index in [1.54, 1.807) is 25.5 Å². The van der Waals surface area contributed by atoms with Crippen LogP contribution in [0.3, 0.4) is 0 Å². The number of nitrogens with one attached hydrogen (secondary N) is 1. The molecule has 20 heavy (non-hydrogen) atoms. The Labute approximate surface area is 116 Å². The molecule has 0 aliphatic carbocycles. The van der Waals surface area contributed by atoms with Crippen molar-refractivity contribution in [3.8, 4) is 0 Å². The maximum absolute atomic E-state index is 13.8. The molecule has 0 fully saturated rings. The minimum atomic E-state index is -0.209. The first-order valence-electron chi connectivity index (χ1n) is 6.42. The van der Waals surface area contributed by atoms with E-state index in [1.165, 1.54) is 6.07 Å². The molecule has 2 heterocycles. The van der Waals surface area contributed by atoms with Gasteiger partial charge in [0.15, 0.2) is 0 Å². The van der Waals surface area contributed by atoms with Crippen LogP contribution in [0, 0.1) is 12.7 Å². The van der Waals surface area contributed by atoms with Crippen LogP contribution in [0.15, 0.2) is 55.1 Å². The second kappa shape index (κ2) is 5.25. The Morgan fingerprint density at radius 2 is 1.95 bits per heavy atom. The third-order valence-electron chi connectivity index (χ3n) is 3.42. The Hall–Kier alpha value is -2.49. The number of nitrogens with zero attached hydrogens (tertiary/aromatic N) is 2. The first-order chi connectivity index (χ1) is 9.77. The average Bonchev–Trinajstić information content (AvgIpc) is 2.99. The summed E-state index contributed by atoms with van der Waals surface area (Å²) in [7, 11) is 0. The number of H-pyrrole nitrogens is 1. The number of halogens is 1. The fourth-order valence-corrected chi connectivity index (χ4v) is 2.38. The summed E-state index contributed by atoms with van der Waals surface area (Å²) < 4.78 is 13.8. The van der Waals surface area contributed by atoms with Crippen molar-refractivity contribution in [1.29, 1.82) is 0 Å². The highest BCUT2D eigenvalue weighted by Crippen LogP contribution is 2.31. The van der Waals surface area contributed by atoms with Gasteiger partial charge in [-0.15, -0.1) is 0 Å². The fraction of sp³-hybridized carbons (Fsp3) is 0.125. The smallest absolute Gasteiger partial charge is 0.126 e. The summed E-state index contributed by atoms with van der Waals surface area (Å²) in [6, 6.07) is 10.8. The topological polar surface area (TPSA) is 41.6 Å². The van der Waals surface area contributed by atoms with Crippen molar-refractivity contribution in [3.63, 3.8) is 0 Å². The van der Waals surface area contributed by atoms with Crippen LogP contribution in [0.5, 0.6) is 0 Å². The van der Waals surface area contributed by atoms with Crippen molar-refractivity contribution >= 4 is 0 Å². The van der Waals surface area contributed by atoms with Crippen LogP contribution in [0.1, 0.15) is 28.4 Å². The van der Waals surface area contributed by atoms with Gasteiger partial charge in [0.05, 0.1) is 23.6 Å². The summed E-state index contributed by atoms with van der Waals surface area (Å²) in [6.07, 6.45) is 5.19. The van der Waals surface area contributed by atoms with Crippen molar-refractivity contribution in [2.75, 3.05) is 0 Å². The van der Waals surface area contributed by atoms with Gasteiger partial charge in [-0.2, -0.15) is 0 Å². The molecule has 0 bridgehead atoms. The maximum atomic E-state index is 13.8. The summed E-state index contributed by atoms with van der Waals surface area (Å²) in [5, 5.41) is 0. The predicted molar refractivity (Wildman–Crippen MR) is 74.9 cm³/mol. The van der Waals surface area contributed by atoms with Gasteiger partial charge in [-0.3, -0.25) is 4.98 Å². The normalized spacial score (nSPS) is 12.3. The molecule has 0 saturated heterocycles. The van der Waals surface area contributed by atoms with Crippen LogP contribution < -0.4 is 0 Å². The van der Waals surface area contributed by atoms with E-state index < -0.39 is 0 Å². The van der Waals surface area contributed by atoms with Gasteiger partial charge in [0, 0.05) is 12.4 Å². The van der Waals surface area contributed by atoms with Crippen molar-refractivity contribution < 1.29 is 4.39 Å². The van der Waals surface area contributed by atoms with Gasteiger partial charge >= 0.3 is 0 Å². The number of imidazole rings is 1. The van der Waals surface area contributed by atoms with Crippen molar-refractivity contribution in [2.24, 2.45) is 0 Å². The molecule has 0 amide bonds. The van der Waals surface area contributed by atoms with Gasteiger partial charge in [-0.1, -0.05) is 18.2 Å². The van der Waals surface area contributed by atoms with E-state index in [1.807, 2.05) is 30.5 Å². The maximum Gasteiger partial charge on any atom is 0.126 e. The minimum Gasteiger partial charge on any atom is -0.351 e. The molecule has 0 aliphatic heterocycles. The Morgan fingerprint density at radius 3 is 2.65 bits per heavy atom. The monoisotopic (exact) mass is 267 g/mol. The highest BCUT2D eigenvalue weighted by Gasteiger charge is 2.22. The van der Waals surface area contributed by atoms with Crippen molar-refractivity contribution in [1.82, 2.24) is 15.0 Å². The molecule has 1 N–H and O–H groups in total. The van der Waals surface area contributed by atoms with Crippen LogP contribution in [-0.2, 0) is 0 Å². The lowest BCUT2D eigenvalue weighted by atomic mass is 9.89. The summed E-state index contributed by atoms with van der Waals surface area (Å²) in [5.74, 6) is -0.378. The molecule has 0 saturated carbocycles. The van der Waals surface area contributed by atoms with E-state index in [2.05, 4.69) is 15.0 Å². The summed E-state index contributed by atoms with van der Waals surface area (Å²) in [6.45, 7) is 1.78. The predicted octanol–water partition coefficient (Wildman–Crippen LogP) is 3.43. The third kappa shape index (κ3) is 2.20. The lowest BCUT2D eigenvalue weighted by molar-refractivity contribution is 0.614. The molecule has 3 rings (SSSR count). The molecular weight excluding hydrogens is 253 g/mol. The zero-order valence-corrected chi connectivity index (χ0v) is 11.0. The standard InChI is InChI=1S/C16H14FN3/c1-11-12(5-4-6-13(11)17)16(15-9-18-10-20-15)14-7-2-3-8-19-14/h2-10,16H,1H3,(H,18,20). The molecule has 4 heteroatoms. The number of benzene rings is 1. The first-order valence-corrected chi connectivity index (χ1v) is 6.42. The Balaban J connectivity index is 2.19. The minimum absolute atomic E-state index is 0.168. The number of hydrogen-bond acceptors (Lipinski definition) is 2. The van der Waals surface area contributed by atoms with Gasteiger partial charge in [-0.05, 0) is 36.2 Å². The van der Waals surface area contributed by atoms with Crippen LogP contribution >= 0.6 is 0 Å². The second-order valence-corrected chi connectivity index (χ2v) is 4.64.